The van der Waals surface area contributed by atoms with Crippen LogP contribution in [0.4, 0.5) is 5.69 Å². The van der Waals surface area contributed by atoms with Crippen molar-refractivity contribution in [1.29, 1.82) is 0 Å². The second kappa shape index (κ2) is 5.23. The van der Waals surface area contributed by atoms with Crippen LogP contribution in [0, 0.1) is 0 Å². The molecule has 3 rings (SSSR count). The summed E-state index contributed by atoms with van der Waals surface area (Å²) in [4.78, 5) is 8.92. The summed E-state index contributed by atoms with van der Waals surface area (Å²) >= 11 is 1.55. The Kier molecular flexibility index (Phi) is 3.54. The number of benzene rings is 1. The first-order valence-corrected chi connectivity index (χ1v) is 8.90. The Labute approximate surface area is 128 Å². The molecule has 2 aromatic rings. The van der Waals surface area contributed by atoms with E-state index in [0.717, 1.165) is 10.7 Å². The van der Waals surface area contributed by atoms with Crippen molar-refractivity contribution in [1.82, 2.24) is 9.29 Å². The predicted molar refractivity (Wildman–Crippen MR) is 83.5 cm³/mol. The van der Waals surface area contributed by atoms with Crippen LogP contribution in [0.25, 0.3) is 0 Å². The van der Waals surface area contributed by atoms with E-state index < -0.39 is 10.0 Å². The largest absolute Gasteiger partial charge is 0.267 e. The van der Waals surface area contributed by atoms with Crippen molar-refractivity contribution in [2.75, 3.05) is 0 Å². The van der Waals surface area contributed by atoms with Gasteiger partial charge in [0.15, 0.2) is 0 Å². The molecule has 0 atom stereocenters. The van der Waals surface area contributed by atoms with Crippen molar-refractivity contribution < 1.29 is 8.42 Å². The highest BCUT2D eigenvalue weighted by atomic mass is 32.2. The van der Waals surface area contributed by atoms with Gasteiger partial charge in [-0.05, 0) is 12.1 Å². The number of rotatable bonds is 3. The SMILES string of the molecule is CC(C)c1nc(CN2C=Nc3ccccc3S2(=O)=O)cs1. The number of fused-ring (bicyclic) bond motifs is 1. The maximum absolute atomic E-state index is 12.6. The van der Waals surface area contributed by atoms with Crippen molar-refractivity contribution >= 4 is 33.4 Å². The van der Waals surface area contributed by atoms with Gasteiger partial charge < -0.3 is 0 Å². The van der Waals surface area contributed by atoms with Gasteiger partial charge in [0.2, 0.25) is 0 Å². The summed E-state index contributed by atoms with van der Waals surface area (Å²) in [6.45, 7) is 4.35. The summed E-state index contributed by atoms with van der Waals surface area (Å²) in [7, 11) is -3.54. The number of sulfonamides is 1. The maximum Gasteiger partial charge on any atom is 0.267 e. The maximum atomic E-state index is 12.6. The Hall–Kier alpha value is -1.73. The molecule has 0 amide bonds. The molecule has 0 radical (unpaired) electrons. The van der Waals surface area contributed by atoms with E-state index in [1.165, 1.54) is 10.6 Å². The van der Waals surface area contributed by atoms with Crippen molar-refractivity contribution in [2.24, 2.45) is 4.99 Å². The lowest BCUT2D eigenvalue weighted by atomic mass is 10.2. The predicted octanol–water partition coefficient (Wildman–Crippen LogP) is 3.13. The molecule has 0 saturated carbocycles. The molecule has 1 aliphatic heterocycles. The normalized spacial score (nSPS) is 16.2. The van der Waals surface area contributed by atoms with Gasteiger partial charge in [-0.15, -0.1) is 11.3 Å². The molecule has 0 fully saturated rings. The van der Waals surface area contributed by atoms with Crippen LogP contribution in [0.5, 0.6) is 0 Å². The summed E-state index contributed by atoms with van der Waals surface area (Å²) in [5.74, 6) is 0.344. The monoisotopic (exact) mass is 321 g/mol. The van der Waals surface area contributed by atoms with Crippen LogP contribution in [0.15, 0.2) is 39.5 Å². The van der Waals surface area contributed by atoms with Crippen molar-refractivity contribution in [3.63, 3.8) is 0 Å². The molecule has 7 heteroatoms. The average molecular weight is 321 g/mol. The van der Waals surface area contributed by atoms with Gasteiger partial charge in [0.1, 0.15) is 11.2 Å². The third-order valence-electron chi connectivity index (χ3n) is 3.16. The highest BCUT2D eigenvalue weighted by Crippen LogP contribution is 2.31. The van der Waals surface area contributed by atoms with E-state index in [1.54, 1.807) is 35.6 Å². The number of para-hydroxylation sites is 1. The summed E-state index contributed by atoms with van der Waals surface area (Å²) < 4.78 is 26.4. The Balaban J connectivity index is 1.91. The molecule has 110 valence electrons. The molecule has 21 heavy (non-hydrogen) atoms. The molecule has 2 heterocycles. The number of nitrogens with zero attached hydrogens (tertiary/aromatic N) is 3. The highest BCUT2D eigenvalue weighted by Gasteiger charge is 2.28. The number of hydrogen-bond donors (Lipinski definition) is 0. The Bertz CT molecular complexity index is 794. The minimum absolute atomic E-state index is 0.212. The smallest absolute Gasteiger partial charge is 0.250 e. The molecule has 1 aromatic heterocycles. The van der Waals surface area contributed by atoms with Crippen LogP contribution in [0.2, 0.25) is 0 Å². The quantitative estimate of drug-likeness (QED) is 0.872. The summed E-state index contributed by atoms with van der Waals surface area (Å²) in [6.07, 6.45) is 1.37. The molecule has 1 aromatic carbocycles. The molecule has 0 spiro atoms. The fourth-order valence-corrected chi connectivity index (χ4v) is 4.23. The minimum atomic E-state index is -3.54. The van der Waals surface area contributed by atoms with Gasteiger partial charge in [0.25, 0.3) is 10.0 Å². The van der Waals surface area contributed by atoms with Crippen LogP contribution in [-0.2, 0) is 16.6 Å². The molecule has 0 N–H and O–H groups in total. The molecule has 0 bridgehead atoms. The van der Waals surface area contributed by atoms with Crippen molar-refractivity contribution in [2.45, 2.75) is 31.2 Å². The van der Waals surface area contributed by atoms with Crippen molar-refractivity contribution in [3.8, 4) is 0 Å². The molecular formula is C14H15N3O2S2. The lowest BCUT2D eigenvalue weighted by Gasteiger charge is -2.23. The van der Waals surface area contributed by atoms with E-state index in [4.69, 9.17) is 0 Å². The summed E-state index contributed by atoms with van der Waals surface area (Å²) in [6, 6.07) is 6.75. The van der Waals surface area contributed by atoms with Gasteiger partial charge in [0.05, 0.1) is 22.9 Å². The van der Waals surface area contributed by atoms with E-state index in [1.807, 2.05) is 5.38 Å². The van der Waals surface area contributed by atoms with Gasteiger partial charge >= 0.3 is 0 Å². The van der Waals surface area contributed by atoms with Gasteiger partial charge in [-0.2, -0.15) is 0 Å². The first-order valence-electron chi connectivity index (χ1n) is 6.58. The number of thiazole rings is 1. The van der Waals surface area contributed by atoms with E-state index in [-0.39, 0.29) is 11.4 Å². The van der Waals surface area contributed by atoms with Gasteiger partial charge in [-0.25, -0.2) is 18.4 Å². The number of hydrogen-bond acceptors (Lipinski definition) is 5. The third-order valence-corrected chi connectivity index (χ3v) is 6.09. The Morgan fingerprint density at radius 1 is 1.29 bits per heavy atom. The zero-order valence-electron chi connectivity index (χ0n) is 11.7. The summed E-state index contributed by atoms with van der Waals surface area (Å²) in [5.41, 5.74) is 1.23. The molecule has 0 unspecified atom stereocenters. The van der Waals surface area contributed by atoms with Crippen LogP contribution in [0.3, 0.4) is 0 Å². The Morgan fingerprint density at radius 2 is 2.05 bits per heavy atom. The topological polar surface area (TPSA) is 62.6 Å². The van der Waals surface area contributed by atoms with Crippen molar-refractivity contribution in [3.05, 3.63) is 40.3 Å². The van der Waals surface area contributed by atoms with Crippen LogP contribution in [-0.4, -0.2) is 24.0 Å². The van der Waals surface area contributed by atoms with E-state index >= 15 is 0 Å². The lowest BCUT2D eigenvalue weighted by molar-refractivity contribution is 0.518. The fraction of sp³-hybridized carbons (Fsp3) is 0.286. The van der Waals surface area contributed by atoms with Crippen LogP contribution in [0.1, 0.15) is 30.5 Å². The second-order valence-corrected chi connectivity index (χ2v) is 7.84. The van der Waals surface area contributed by atoms with E-state index in [2.05, 4.69) is 23.8 Å². The standard InChI is InChI=1S/C14H15N3O2S2/c1-10(2)14-16-11(8-20-14)7-17-9-15-12-5-3-4-6-13(12)21(17,18)19/h3-6,8-10H,7H2,1-2H3. The van der Waals surface area contributed by atoms with Gasteiger partial charge in [-0.3, -0.25) is 4.31 Å². The number of aromatic nitrogens is 1. The zero-order valence-corrected chi connectivity index (χ0v) is 13.4. The number of aliphatic imine (C=N–C) groups is 1. The summed E-state index contributed by atoms with van der Waals surface area (Å²) in [5, 5.41) is 2.91. The molecule has 5 nitrogen and oxygen atoms in total. The molecule has 0 aliphatic carbocycles. The van der Waals surface area contributed by atoms with Gasteiger partial charge in [-0.1, -0.05) is 26.0 Å². The minimum Gasteiger partial charge on any atom is -0.250 e. The third kappa shape index (κ3) is 2.58. The lowest BCUT2D eigenvalue weighted by Crippen LogP contribution is -2.31. The molecule has 1 aliphatic rings. The molecular weight excluding hydrogens is 306 g/mol. The molecule has 0 saturated heterocycles. The van der Waals surface area contributed by atoms with Gasteiger partial charge in [0, 0.05) is 11.3 Å². The zero-order chi connectivity index (χ0) is 15.0. The Morgan fingerprint density at radius 3 is 2.76 bits per heavy atom. The van der Waals surface area contributed by atoms with Crippen LogP contribution >= 0.6 is 11.3 Å². The van der Waals surface area contributed by atoms with Crippen LogP contribution < -0.4 is 0 Å². The second-order valence-electron chi connectivity index (χ2n) is 5.09. The van der Waals surface area contributed by atoms with E-state index in [0.29, 0.717) is 11.6 Å². The first-order chi connectivity index (χ1) is 9.98. The first kappa shape index (κ1) is 14.2. The van der Waals surface area contributed by atoms with E-state index in [9.17, 15) is 8.42 Å². The average Bonchev–Trinajstić information content (AvgIpc) is 2.91. The highest BCUT2D eigenvalue weighted by molar-refractivity contribution is 7.89. The fourth-order valence-electron chi connectivity index (χ4n) is 2.04.